The van der Waals surface area contributed by atoms with Crippen LogP contribution in [-0.4, -0.2) is 24.8 Å². The van der Waals surface area contributed by atoms with Crippen LogP contribution in [0.15, 0.2) is 42.6 Å². The zero-order valence-corrected chi connectivity index (χ0v) is 11.9. The van der Waals surface area contributed by atoms with Crippen LogP contribution in [0.1, 0.15) is 6.92 Å². The number of ether oxygens (including phenoxy) is 2. The first-order valence-corrected chi connectivity index (χ1v) is 6.52. The number of rotatable bonds is 5. The van der Waals surface area contributed by atoms with Crippen LogP contribution >= 0.6 is 0 Å². The summed E-state index contributed by atoms with van der Waals surface area (Å²) in [5.74, 6) is 1.20. The number of aromatic nitrogens is 1. The molecule has 0 aliphatic heterocycles. The van der Waals surface area contributed by atoms with Crippen molar-refractivity contribution in [3.63, 3.8) is 0 Å². The Bertz CT molecular complexity index is 599. The molecule has 0 fully saturated rings. The average Bonchev–Trinajstić information content (AvgIpc) is 2.51. The molecule has 0 spiro atoms. The van der Waals surface area contributed by atoms with Crippen molar-refractivity contribution in [3.8, 4) is 5.75 Å². The van der Waals surface area contributed by atoms with Gasteiger partial charge in [-0.05, 0) is 31.2 Å². The first-order chi connectivity index (χ1) is 10.2. The van der Waals surface area contributed by atoms with Crippen molar-refractivity contribution < 1.29 is 14.3 Å². The van der Waals surface area contributed by atoms with Crippen molar-refractivity contribution in [1.82, 2.24) is 4.98 Å². The van der Waals surface area contributed by atoms with Crippen LogP contribution in [0.25, 0.3) is 0 Å². The average molecular weight is 287 g/mol. The first kappa shape index (κ1) is 14.6. The van der Waals surface area contributed by atoms with E-state index in [1.165, 1.54) is 7.11 Å². The quantitative estimate of drug-likeness (QED) is 0.881. The van der Waals surface area contributed by atoms with E-state index in [4.69, 9.17) is 4.74 Å². The highest BCUT2D eigenvalue weighted by atomic mass is 16.5. The third-order valence-corrected chi connectivity index (χ3v) is 2.64. The van der Waals surface area contributed by atoms with E-state index >= 15 is 0 Å². The molecular formula is C15H17N3O3. The molecule has 0 saturated carbocycles. The lowest BCUT2D eigenvalue weighted by atomic mass is 10.2. The summed E-state index contributed by atoms with van der Waals surface area (Å²) in [5, 5.41) is 5.71. The number of pyridine rings is 1. The molecule has 2 N–H and O–H groups in total. The Balaban J connectivity index is 2.08. The second-order valence-corrected chi connectivity index (χ2v) is 4.10. The van der Waals surface area contributed by atoms with Gasteiger partial charge in [-0.15, -0.1) is 0 Å². The fourth-order valence-electron chi connectivity index (χ4n) is 1.70. The van der Waals surface area contributed by atoms with Gasteiger partial charge in [-0.2, -0.15) is 0 Å². The molecule has 1 amide bonds. The van der Waals surface area contributed by atoms with Crippen LogP contribution in [0.4, 0.5) is 22.0 Å². The fourth-order valence-corrected chi connectivity index (χ4v) is 1.70. The lowest BCUT2D eigenvalue weighted by Crippen LogP contribution is -2.11. The third-order valence-electron chi connectivity index (χ3n) is 2.64. The molecule has 0 saturated heterocycles. The number of amides is 1. The molecule has 0 atom stereocenters. The summed E-state index contributed by atoms with van der Waals surface area (Å²) in [6.07, 6.45) is 1.07. The van der Waals surface area contributed by atoms with Gasteiger partial charge < -0.3 is 14.8 Å². The minimum absolute atomic E-state index is 0.422. The summed E-state index contributed by atoms with van der Waals surface area (Å²) in [6, 6.07) is 11.1. The summed E-state index contributed by atoms with van der Waals surface area (Å²) in [6.45, 7) is 2.53. The normalized spacial score (nSPS) is 9.81. The van der Waals surface area contributed by atoms with Crippen molar-refractivity contribution in [3.05, 3.63) is 42.6 Å². The van der Waals surface area contributed by atoms with Gasteiger partial charge in [0.05, 0.1) is 31.3 Å². The topological polar surface area (TPSA) is 72.5 Å². The highest BCUT2D eigenvalue weighted by Crippen LogP contribution is 2.27. The van der Waals surface area contributed by atoms with Gasteiger partial charge in [0, 0.05) is 0 Å². The van der Waals surface area contributed by atoms with E-state index in [0.29, 0.717) is 12.4 Å². The summed E-state index contributed by atoms with van der Waals surface area (Å²) in [4.78, 5) is 15.2. The van der Waals surface area contributed by atoms with E-state index in [-0.39, 0.29) is 0 Å². The van der Waals surface area contributed by atoms with E-state index < -0.39 is 6.09 Å². The SMILES string of the molecule is CCOc1ccccc1Nc1ccc(NC(=O)OC)nc1. The van der Waals surface area contributed by atoms with Gasteiger partial charge in [0.15, 0.2) is 0 Å². The van der Waals surface area contributed by atoms with Crippen LogP contribution in [0, 0.1) is 0 Å². The molecule has 6 heteroatoms. The summed E-state index contributed by atoms with van der Waals surface area (Å²) in [7, 11) is 1.30. The Morgan fingerprint density at radius 2 is 2.05 bits per heavy atom. The Labute approximate surface area is 123 Å². The largest absolute Gasteiger partial charge is 0.492 e. The second-order valence-electron chi connectivity index (χ2n) is 4.10. The lowest BCUT2D eigenvalue weighted by molar-refractivity contribution is 0.187. The smallest absolute Gasteiger partial charge is 0.412 e. The molecule has 21 heavy (non-hydrogen) atoms. The predicted molar refractivity (Wildman–Crippen MR) is 81.2 cm³/mol. The number of nitrogens with one attached hydrogen (secondary N) is 2. The van der Waals surface area contributed by atoms with E-state index in [0.717, 1.165) is 17.1 Å². The minimum atomic E-state index is -0.551. The number of anilines is 3. The van der Waals surface area contributed by atoms with E-state index in [1.54, 1.807) is 18.3 Å². The third kappa shape index (κ3) is 4.10. The Kier molecular flexibility index (Phi) is 4.98. The van der Waals surface area contributed by atoms with Gasteiger partial charge in [0.1, 0.15) is 11.6 Å². The molecule has 2 aromatic rings. The molecule has 2 rings (SSSR count). The number of hydrogen-bond donors (Lipinski definition) is 2. The highest BCUT2D eigenvalue weighted by molar-refractivity contribution is 5.83. The molecular weight excluding hydrogens is 270 g/mol. The van der Waals surface area contributed by atoms with E-state index in [9.17, 15) is 4.79 Å². The predicted octanol–water partition coefficient (Wildman–Crippen LogP) is 3.40. The van der Waals surface area contributed by atoms with Gasteiger partial charge in [-0.1, -0.05) is 12.1 Å². The molecule has 1 aromatic carbocycles. The Morgan fingerprint density at radius 3 is 2.71 bits per heavy atom. The zero-order chi connectivity index (χ0) is 15.1. The van der Waals surface area contributed by atoms with Gasteiger partial charge in [-0.3, -0.25) is 5.32 Å². The van der Waals surface area contributed by atoms with Crippen LogP contribution in [-0.2, 0) is 4.74 Å². The van der Waals surface area contributed by atoms with Gasteiger partial charge in [-0.25, -0.2) is 9.78 Å². The molecule has 6 nitrogen and oxygen atoms in total. The van der Waals surface area contributed by atoms with Crippen molar-refractivity contribution in [1.29, 1.82) is 0 Å². The summed E-state index contributed by atoms with van der Waals surface area (Å²) in [5.41, 5.74) is 1.65. The number of carbonyl (C=O) groups is 1. The molecule has 110 valence electrons. The van der Waals surface area contributed by atoms with Gasteiger partial charge in [0.2, 0.25) is 0 Å². The molecule has 1 heterocycles. The molecule has 0 bridgehead atoms. The molecule has 0 unspecified atom stereocenters. The standard InChI is InChI=1S/C15H17N3O3/c1-3-21-13-7-5-4-6-12(13)17-11-8-9-14(16-10-11)18-15(19)20-2/h4-10,17H,3H2,1-2H3,(H,16,18,19). The van der Waals surface area contributed by atoms with Gasteiger partial charge in [0.25, 0.3) is 0 Å². The monoisotopic (exact) mass is 287 g/mol. The maximum absolute atomic E-state index is 11.1. The highest BCUT2D eigenvalue weighted by Gasteiger charge is 2.04. The molecule has 0 aliphatic carbocycles. The van der Waals surface area contributed by atoms with Crippen molar-refractivity contribution in [2.24, 2.45) is 0 Å². The zero-order valence-electron chi connectivity index (χ0n) is 11.9. The van der Waals surface area contributed by atoms with Crippen LogP contribution in [0.5, 0.6) is 5.75 Å². The fraction of sp³-hybridized carbons (Fsp3) is 0.200. The van der Waals surface area contributed by atoms with Gasteiger partial charge >= 0.3 is 6.09 Å². The molecule has 0 radical (unpaired) electrons. The van der Waals surface area contributed by atoms with E-state index in [2.05, 4.69) is 20.4 Å². The number of hydrogen-bond acceptors (Lipinski definition) is 5. The minimum Gasteiger partial charge on any atom is -0.492 e. The number of para-hydroxylation sites is 2. The summed E-state index contributed by atoms with van der Waals surface area (Å²) >= 11 is 0. The Hall–Kier alpha value is -2.76. The number of carbonyl (C=O) groups excluding carboxylic acids is 1. The molecule has 0 aliphatic rings. The maximum Gasteiger partial charge on any atom is 0.412 e. The molecule has 1 aromatic heterocycles. The van der Waals surface area contributed by atoms with Crippen molar-refractivity contribution in [2.45, 2.75) is 6.92 Å². The van der Waals surface area contributed by atoms with E-state index in [1.807, 2.05) is 31.2 Å². The Morgan fingerprint density at radius 1 is 1.24 bits per heavy atom. The maximum atomic E-state index is 11.1. The summed E-state index contributed by atoms with van der Waals surface area (Å²) < 4.78 is 10.0. The number of benzene rings is 1. The van der Waals surface area contributed by atoms with Crippen molar-refractivity contribution >= 4 is 23.3 Å². The van der Waals surface area contributed by atoms with Crippen LogP contribution in [0.3, 0.4) is 0 Å². The number of nitrogens with zero attached hydrogens (tertiary/aromatic N) is 1. The van der Waals surface area contributed by atoms with Crippen LogP contribution < -0.4 is 15.4 Å². The lowest BCUT2D eigenvalue weighted by Gasteiger charge is -2.12. The first-order valence-electron chi connectivity index (χ1n) is 6.52. The number of methoxy groups -OCH3 is 1. The van der Waals surface area contributed by atoms with Crippen molar-refractivity contribution in [2.75, 3.05) is 24.4 Å². The second kappa shape index (κ2) is 7.14. The van der Waals surface area contributed by atoms with Crippen LogP contribution in [0.2, 0.25) is 0 Å².